The summed E-state index contributed by atoms with van der Waals surface area (Å²) >= 11 is 0. The molecule has 5 nitrogen and oxygen atoms in total. The minimum Gasteiger partial charge on any atom is -0.370 e. The number of nitrogens with zero attached hydrogens (tertiary/aromatic N) is 1. The molecule has 0 aromatic heterocycles. The van der Waals surface area contributed by atoms with Crippen LogP contribution in [0.2, 0.25) is 0 Å². The maximum absolute atomic E-state index is 5.35. The number of nitrogens with one attached hydrogen (secondary N) is 1. The molecule has 0 aliphatic rings. The Labute approximate surface area is 106 Å². The van der Waals surface area contributed by atoms with Crippen LogP contribution in [0.25, 0.3) is 0 Å². The van der Waals surface area contributed by atoms with Crippen molar-refractivity contribution in [1.82, 2.24) is 5.32 Å². The fourth-order valence-corrected chi connectivity index (χ4v) is 1.11. The Hall–Kier alpha value is -0.810. The second kappa shape index (κ2) is 17.6. The molecule has 0 bridgehead atoms. The van der Waals surface area contributed by atoms with Gasteiger partial charge in [0.1, 0.15) is 0 Å². The van der Waals surface area contributed by atoms with E-state index >= 15 is 0 Å². The standard InChI is InChI=1S/C6H15N3.C6H16N2/c1-3-4-5-9-6(7)8-2;7-5-3-1-2-4-6-8/h3-5H2,1-2H3,(H3,7,8,9);1-8H2. The topological polar surface area (TPSA) is 102 Å². The van der Waals surface area contributed by atoms with Crippen molar-refractivity contribution in [2.45, 2.75) is 45.4 Å². The van der Waals surface area contributed by atoms with E-state index in [2.05, 4.69) is 17.2 Å². The second-order valence-corrected chi connectivity index (χ2v) is 3.88. The summed E-state index contributed by atoms with van der Waals surface area (Å²) in [4.78, 5) is 3.74. The van der Waals surface area contributed by atoms with Gasteiger partial charge in [-0.2, -0.15) is 0 Å². The summed E-state index contributed by atoms with van der Waals surface area (Å²) in [6.45, 7) is 4.72. The molecule has 0 aromatic carbocycles. The predicted octanol–water partition coefficient (Wildman–Crippen LogP) is 0.785. The molecule has 0 unspecified atom stereocenters. The largest absolute Gasteiger partial charge is 0.370 e. The number of rotatable bonds is 8. The van der Waals surface area contributed by atoms with Crippen LogP contribution in [0.5, 0.6) is 0 Å². The molecule has 0 aliphatic carbocycles. The molecule has 0 spiro atoms. The fourth-order valence-electron chi connectivity index (χ4n) is 1.11. The number of aliphatic imine (C=N–C) groups is 1. The Morgan fingerprint density at radius 3 is 1.88 bits per heavy atom. The van der Waals surface area contributed by atoms with E-state index in [0.717, 1.165) is 38.9 Å². The molecule has 0 rings (SSSR count). The highest BCUT2D eigenvalue weighted by atomic mass is 15.1. The molecule has 7 N–H and O–H groups in total. The molecule has 104 valence electrons. The van der Waals surface area contributed by atoms with Crippen molar-refractivity contribution in [2.24, 2.45) is 22.2 Å². The first kappa shape index (κ1) is 18.6. The predicted molar refractivity (Wildman–Crippen MR) is 77.0 cm³/mol. The molecule has 0 heterocycles. The summed E-state index contributed by atoms with van der Waals surface area (Å²) in [5.74, 6) is 0.531. The highest BCUT2D eigenvalue weighted by molar-refractivity contribution is 5.77. The Kier molecular flexibility index (Phi) is 19.2. The number of hydrogen-bond acceptors (Lipinski definition) is 3. The SMILES string of the molecule is CCCCNC(N)=NC.NCCCCCCN. The van der Waals surface area contributed by atoms with E-state index in [1.807, 2.05) is 0 Å². The smallest absolute Gasteiger partial charge is 0.188 e. The highest BCUT2D eigenvalue weighted by Gasteiger charge is 1.85. The zero-order chi connectivity index (χ0) is 13.4. The quantitative estimate of drug-likeness (QED) is 0.288. The summed E-state index contributed by atoms with van der Waals surface area (Å²) < 4.78 is 0. The highest BCUT2D eigenvalue weighted by Crippen LogP contribution is 1.95. The lowest BCUT2D eigenvalue weighted by Crippen LogP contribution is -2.31. The fraction of sp³-hybridized carbons (Fsp3) is 0.917. The summed E-state index contributed by atoms with van der Waals surface area (Å²) in [5.41, 5.74) is 15.9. The molecule has 17 heavy (non-hydrogen) atoms. The summed E-state index contributed by atoms with van der Waals surface area (Å²) in [7, 11) is 1.67. The first-order chi connectivity index (χ1) is 8.22. The number of hydrogen-bond donors (Lipinski definition) is 4. The summed E-state index contributed by atoms with van der Waals surface area (Å²) in [5, 5.41) is 2.96. The summed E-state index contributed by atoms with van der Waals surface area (Å²) in [6.07, 6.45) is 7.13. The van der Waals surface area contributed by atoms with Gasteiger partial charge in [-0.1, -0.05) is 26.2 Å². The third-order valence-electron chi connectivity index (χ3n) is 2.24. The minimum atomic E-state index is 0.531. The molecular weight excluding hydrogens is 214 g/mol. The van der Waals surface area contributed by atoms with Crippen LogP contribution in [0.1, 0.15) is 45.4 Å². The van der Waals surface area contributed by atoms with Gasteiger partial charge < -0.3 is 22.5 Å². The Morgan fingerprint density at radius 2 is 1.53 bits per heavy atom. The van der Waals surface area contributed by atoms with Crippen LogP contribution in [-0.2, 0) is 0 Å². The van der Waals surface area contributed by atoms with E-state index in [9.17, 15) is 0 Å². The average Bonchev–Trinajstić information content (AvgIpc) is 2.35. The molecule has 0 saturated carbocycles. The van der Waals surface area contributed by atoms with Gasteiger partial charge in [-0.05, 0) is 32.4 Å². The minimum absolute atomic E-state index is 0.531. The van der Waals surface area contributed by atoms with E-state index < -0.39 is 0 Å². The molecule has 0 radical (unpaired) electrons. The monoisotopic (exact) mass is 245 g/mol. The van der Waals surface area contributed by atoms with Crippen molar-refractivity contribution >= 4 is 5.96 Å². The van der Waals surface area contributed by atoms with Gasteiger partial charge in [0.15, 0.2) is 5.96 Å². The van der Waals surface area contributed by atoms with Gasteiger partial charge in [0.25, 0.3) is 0 Å². The van der Waals surface area contributed by atoms with Crippen LogP contribution in [0.15, 0.2) is 4.99 Å². The van der Waals surface area contributed by atoms with Crippen LogP contribution in [0.3, 0.4) is 0 Å². The Morgan fingerprint density at radius 1 is 1.00 bits per heavy atom. The lowest BCUT2D eigenvalue weighted by Gasteiger charge is -2.01. The van der Waals surface area contributed by atoms with E-state index in [1.165, 1.54) is 19.3 Å². The first-order valence-electron chi connectivity index (χ1n) is 6.59. The van der Waals surface area contributed by atoms with Crippen LogP contribution in [0.4, 0.5) is 0 Å². The van der Waals surface area contributed by atoms with E-state index in [4.69, 9.17) is 17.2 Å². The van der Waals surface area contributed by atoms with Crippen molar-refractivity contribution in [3.8, 4) is 0 Å². The molecule has 0 amide bonds. The van der Waals surface area contributed by atoms with Crippen molar-refractivity contribution in [1.29, 1.82) is 0 Å². The molecule has 5 heteroatoms. The van der Waals surface area contributed by atoms with Gasteiger partial charge in [0.2, 0.25) is 0 Å². The molecule has 0 aliphatic heterocycles. The van der Waals surface area contributed by atoms with Gasteiger partial charge in [0.05, 0.1) is 0 Å². The van der Waals surface area contributed by atoms with Crippen molar-refractivity contribution in [3.63, 3.8) is 0 Å². The van der Waals surface area contributed by atoms with E-state index in [-0.39, 0.29) is 0 Å². The lowest BCUT2D eigenvalue weighted by molar-refractivity contribution is 0.653. The molecule has 0 aromatic rings. The molecule has 0 saturated heterocycles. The van der Waals surface area contributed by atoms with Crippen molar-refractivity contribution in [2.75, 3.05) is 26.7 Å². The Balaban J connectivity index is 0. The van der Waals surface area contributed by atoms with Gasteiger partial charge in [-0.3, -0.25) is 4.99 Å². The molecule has 0 atom stereocenters. The van der Waals surface area contributed by atoms with E-state index in [0.29, 0.717) is 5.96 Å². The van der Waals surface area contributed by atoms with Crippen LogP contribution >= 0.6 is 0 Å². The second-order valence-electron chi connectivity index (χ2n) is 3.88. The average molecular weight is 245 g/mol. The summed E-state index contributed by atoms with van der Waals surface area (Å²) in [6, 6.07) is 0. The maximum atomic E-state index is 5.35. The normalized spacial score (nSPS) is 10.7. The number of unbranched alkanes of at least 4 members (excludes halogenated alkanes) is 4. The lowest BCUT2D eigenvalue weighted by atomic mass is 10.2. The molecule has 0 fully saturated rings. The van der Waals surface area contributed by atoms with Gasteiger partial charge >= 0.3 is 0 Å². The van der Waals surface area contributed by atoms with Gasteiger partial charge in [0, 0.05) is 13.6 Å². The van der Waals surface area contributed by atoms with Crippen LogP contribution < -0.4 is 22.5 Å². The first-order valence-corrected chi connectivity index (χ1v) is 6.59. The zero-order valence-corrected chi connectivity index (χ0v) is 11.5. The maximum Gasteiger partial charge on any atom is 0.188 e. The Bertz CT molecular complexity index is 153. The van der Waals surface area contributed by atoms with Gasteiger partial charge in [-0.25, -0.2) is 0 Å². The molecular formula is C12H31N5. The zero-order valence-electron chi connectivity index (χ0n) is 11.5. The van der Waals surface area contributed by atoms with E-state index in [1.54, 1.807) is 7.05 Å². The third kappa shape index (κ3) is 21.1. The third-order valence-corrected chi connectivity index (χ3v) is 2.24. The van der Waals surface area contributed by atoms with Crippen LogP contribution in [-0.4, -0.2) is 32.6 Å². The van der Waals surface area contributed by atoms with Crippen LogP contribution in [0, 0.1) is 0 Å². The number of guanidine groups is 1. The van der Waals surface area contributed by atoms with Crippen molar-refractivity contribution in [3.05, 3.63) is 0 Å². The van der Waals surface area contributed by atoms with Crippen molar-refractivity contribution < 1.29 is 0 Å². The van der Waals surface area contributed by atoms with Gasteiger partial charge in [-0.15, -0.1) is 0 Å². The number of nitrogens with two attached hydrogens (primary N) is 3.